The lowest BCUT2D eigenvalue weighted by molar-refractivity contribution is -0.139. The van der Waals surface area contributed by atoms with Crippen LogP contribution in [0.4, 0.5) is 13.2 Å². The molecule has 5 nitrogen and oxygen atoms in total. The number of aliphatic carboxylic acids is 1. The number of ether oxygens (including phenoxy) is 2. The Labute approximate surface area is 123 Å². The minimum absolute atomic E-state index is 0.0350. The second-order valence-electron chi connectivity index (χ2n) is 4.46. The first kappa shape index (κ1) is 15.9. The third-order valence-corrected chi connectivity index (χ3v) is 2.89. The van der Waals surface area contributed by atoms with Gasteiger partial charge in [0.05, 0.1) is 30.5 Å². The number of methoxy groups -OCH3 is 1. The van der Waals surface area contributed by atoms with Crippen molar-refractivity contribution in [3.05, 3.63) is 41.3 Å². The summed E-state index contributed by atoms with van der Waals surface area (Å²) < 4.78 is 48.7. The number of nitrogens with zero attached hydrogens (tertiary/aromatic N) is 1. The summed E-state index contributed by atoms with van der Waals surface area (Å²) in [6.45, 7) is -0.0350. The zero-order chi connectivity index (χ0) is 16.3. The van der Waals surface area contributed by atoms with E-state index in [1.165, 1.54) is 18.4 Å². The molecular formula is C14H12F3NO4. The van der Waals surface area contributed by atoms with E-state index in [2.05, 4.69) is 4.99 Å². The zero-order valence-electron chi connectivity index (χ0n) is 11.5. The maximum absolute atomic E-state index is 13.0. The van der Waals surface area contributed by atoms with Crippen LogP contribution in [0, 0.1) is 0 Å². The second kappa shape index (κ2) is 6.08. The Hall–Kier alpha value is -2.51. The minimum atomic E-state index is -4.57. The number of carboxylic acid groups (broad SMARTS) is 1. The van der Waals surface area contributed by atoms with E-state index < -0.39 is 17.7 Å². The zero-order valence-corrected chi connectivity index (χ0v) is 11.5. The fourth-order valence-corrected chi connectivity index (χ4v) is 1.94. The summed E-state index contributed by atoms with van der Waals surface area (Å²) in [6, 6.07) is 3.51. The molecule has 1 N–H and O–H groups in total. The van der Waals surface area contributed by atoms with Gasteiger partial charge in [-0.2, -0.15) is 13.2 Å². The predicted molar refractivity (Wildman–Crippen MR) is 70.8 cm³/mol. The third kappa shape index (κ3) is 3.57. The highest BCUT2D eigenvalue weighted by molar-refractivity contribution is 6.03. The van der Waals surface area contributed by atoms with Gasteiger partial charge in [0, 0.05) is 5.56 Å². The van der Waals surface area contributed by atoms with Crippen molar-refractivity contribution >= 4 is 11.7 Å². The molecule has 1 aliphatic heterocycles. The van der Waals surface area contributed by atoms with Crippen LogP contribution in [0.15, 0.2) is 35.2 Å². The van der Waals surface area contributed by atoms with Crippen LogP contribution in [0.1, 0.15) is 17.5 Å². The molecule has 22 heavy (non-hydrogen) atoms. The highest BCUT2D eigenvalue weighted by atomic mass is 19.4. The molecule has 1 aromatic rings. The predicted octanol–water partition coefficient (Wildman–Crippen LogP) is 2.85. The highest BCUT2D eigenvalue weighted by Gasteiger charge is 2.35. The monoisotopic (exact) mass is 315 g/mol. The number of aliphatic imine (C=N–C) groups is 1. The fourth-order valence-electron chi connectivity index (χ4n) is 1.94. The topological polar surface area (TPSA) is 68.1 Å². The van der Waals surface area contributed by atoms with Crippen LogP contribution in [-0.2, 0) is 15.7 Å². The van der Waals surface area contributed by atoms with Gasteiger partial charge in [-0.3, -0.25) is 4.79 Å². The quantitative estimate of drug-likeness (QED) is 0.927. The highest BCUT2D eigenvalue weighted by Crippen LogP contribution is 2.37. The molecule has 2 rings (SSSR count). The van der Waals surface area contributed by atoms with Crippen LogP contribution in [0.5, 0.6) is 5.75 Å². The van der Waals surface area contributed by atoms with E-state index in [1.807, 2.05) is 0 Å². The Morgan fingerprint density at radius 1 is 1.45 bits per heavy atom. The average Bonchev–Trinajstić information content (AvgIpc) is 2.45. The normalized spacial score (nSPS) is 14.7. The number of carboxylic acids is 1. The molecule has 0 saturated heterocycles. The largest absolute Gasteiger partial charge is 0.496 e. The van der Waals surface area contributed by atoms with E-state index >= 15 is 0 Å². The van der Waals surface area contributed by atoms with Crippen LogP contribution in [0.2, 0.25) is 0 Å². The first-order valence-electron chi connectivity index (χ1n) is 6.17. The van der Waals surface area contributed by atoms with Crippen molar-refractivity contribution in [1.29, 1.82) is 0 Å². The molecule has 0 bridgehead atoms. The van der Waals surface area contributed by atoms with E-state index in [4.69, 9.17) is 14.6 Å². The number of carbonyl (C=O) groups is 1. The first-order chi connectivity index (χ1) is 10.3. The van der Waals surface area contributed by atoms with Crippen LogP contribution in [0.3, 0.4) is 0 Å². The van der Waals surface area contributed by atoms with Gasteiger partial charge < -0.3 is 14.6 Å². The van der Waals surface area contributed by atoms with Gasteiger partial charge in [-0.1, -0.05) is 0 Å². The number of alkyl halides is 3. The molecule has 0 atom stereocenters. The molecule has 1 aromatic carbocycles. The Bertz CT molecular complexity index is 650. The van der Waals surface area contributed by atoms with E-state index in [9.17, 15) is 18.0 Å². The smallest absolute Gasteiger partial charge is 0.419 e. The molecular weight excluding hydrogens is 303 g/mol. The van der Waals surface area contributed by atoms with Gasteiger partial charge in [0.1, 0.15) is 18.6 Å². The van der Waals surface area contributed by atoms with Crippen molar-refractivity contribution in [3.63, 3.8) is 0 Å². The lowest BCUT2D eigenvalue weighted by Crippen LogP contribution is -2.16. The van der Waals surface area contributed by atoms with Gasteiger partial charge in [0.15, 0.2) is 0 Å². The van der Waals surface area contributed by atoms with Crippen molar-refractivity contribution < 1.29 is 32.5 Å². The maximum atomic E-state index is 13.0. The Morgan fingerprint density at radius 3 is 2.77 bits per heavy atom. The Balaban J connectivity index is 2.39. The molecule has 1 heterocycles. The summed E-state index contributed by atoms with van der Waals surface area (Å²) in [4.78, 5) is 14.7. The number of hydrogen-bond acceptors (Lipinski definition) is 4. The van der Waals surface area contributed by atoms with Crippen LogP contribution in [-0.4, -0.2) is 30.5 Å². The molecule has 1 aliphatic rings. The molecule has 0 aliphatic carbocycles. The van der Waals surface area contributed by atoms with Crippen molar-refractivity contribution in [2.75, 3.05) is 13.7 Å². The van der Waals surface area contributed by atoms with Gasteiger partial charge in [0.2, 0.25) is 0 Å². The molecule has 0 unspecified atom stereocenters. The summed E-state index contributed by atoms with van der Waals surface area (Å²) >= 11 is 0. The summed E-state index contributed by atoms with van der Waals surface area (Å²) in [7, 11) is 1.15. The van der Waals surface area contributed by atoms with Gasteiger partial charge >= 0.3 is 12.1 Å². The fraction of sp³-hybridized carbons (Fsp3) is 0.286. The first-order valence-corrected chi connectivity index (χ1v) is 6.17. The van der Waals surface area contributed by atoms with Gasteiger partial charge in [-0.25, -0.2) is 4.99 Å². The van der Waals surface area contributed by atoms with Gasteiger partial charge in [-0.15, -0.1) is 0 Å². The van der Waals surface area contributed by atoms with Crippen molar-refractivity contribution in [1.82, 2.24) is 0 Å². The van der Waals surface area contributed by atoms with Crippen LogP contribution >= 0.6 is 0 Å². The maximum Gasteiger partial charge on any atom is 0.419 e. The van der Waals surface area contributed by atoms with Gasteiger partial charge in [-0.05, 0) is 18.2 Å². The molecule has 8 heteroatoms. The van der Waals surface area contributed by atoms with E-state index in [0.29, 0.717) is 0 Å². The molecule has 0 aromatic heterocycles. The lowest BCUT2D eigenvalue weighted by Gasteiger charge is -2.16. The molecule has 118 valence electrons. The Kier molecular flexibility index (Phi) is 4.39. The minimum Gasteiger partial charge on any atom is -0.496 e. The summed E-state index contributed by atoms with van der Waals surface area (Å²) in [5.74, 6) is -1.40. The van der Waals surface area contributed by atoms with Crippen molar-refractivity contribution in [2.45, 2.75) is 12.6 Å². The molecule has 0 radical (unpaired) electrons. The summed E-state index contributed by atoms with van der Waals surface area (Å²) in [5, 5.41) is 8.71. The number of benzene rings is 1. The van der Waals surface area contributed by atoms with E-state index in [0.717, 1.165) is 13.2 Å². The summed E-state index contributed by atoms with van der Waals surface area (Å²) in [6.07, 6.45) is -3.76. The lowest BCUT2D eigenvalue weighted by atomic mass is 10.0. The SMILES string of the molecule is COc1ccc(C2=NC(CC(=O)O)=COC2)cc1C(F)(F)F. The van der Waals surface area contributed by atoms with E-state index in [-0.39, 0.29) is 35.7 Å². The number of rotatable bonds is 4. The Morgan fingerprint density at radius 2 is 2.18 bits per heavy atom. The number of halogens is 3. The van der Waals surface area contributed by atoms with Crippen LogP contribution < -0.4 is 4.74 Å². The molecule has 0 amide bonds. The number of hydrogen-bond donors (Lipinski definition) is 1. The standard InChI is InChI=1S/C14H12F3NO4/c1-21-12-3-2-8(4-10(12)14(15,16)17)11-7-22-6-9(18-11)5-13(19)20/h2-4,6H,5,7H2,1H3,(H,19,20). The van der Waals surface area contributed by atoms with Gasteiger partial charge in [0.25, 0.3) is 0 Å². The average molecular weight is 315 g/mol. The van der Waals surface area contributed by atoms with Crippen molar-refractivity contribution in [2.24, 2.45) is 4.99 Å². The van der Waals surface area contributed by atoms with Crippen molar-refractivity contribution in [3.8, 4) is 5.75 Å². The molecule has 0 spiro atoms. The molecule has 0 fully saturated rings. The van der Waals surface area contributed by atoms with E-state index in [1.54, 1.807) is 0 Å². The molecule has 0 saturated carbocycles. The second-order valence-corrected chi connectivity index (χ2v) is 4.46. The third-order valence-electron chi connectivity index (χ3n) is 2.89. The summed E-state index contributed by atoms with van der Waals surface area (Å²) in [5.41, 5.74) is -0.362. The van der Waals surface area contributed by atoms with Crippen LogP contribution in [0.25, 0.3) is 0 Å².